The van der Waals surface area contributed by atoms with Gasteiger partial charge in [-0.1, -0.05) is 18.2 Å². The fourth-order valence-corrected chi connectivity index (χ4v) is 4.08. The number of nitrogens with two attached hydrogens (primary N) is 1. The number of amides is 1. The number of nitrogens with zero attached hydrogens (tertiary/aromatic N) is 4. The lowest BCUT2D eigenvalue weighted by molar-refractivity contribution is 0.102. The second kappa shape index (κ2) is 11.3. The van der Waals surface area contributed by atoms with Crippen LogP contribution in [0.2, 0.25) is 0 Å². The van der Waals surface area contributed by atoms with E-state index < -0.39 is 5.91 Å². The Bertz CT molecular complexity index is 1110. The lowest BCUT2D eigenvalue weighted by atomic mass is 10.0. The van der Waals surface area contributed by atoms with E-state index in [1.54, 1.807) is 18.6 Å². The Labute approximate surface area is 206 Å². The maximum atomic E-state index is 13.1. The summed E-state index contributed by atoms with van der Waals surface area (Å²) in [5.41, 5.74) is 10.3. The van der Waals surface area contributed by atoms with Gasteiger partial charge in [0.2, 0.25) is 0 Å². The quantitative estimate of drug-likeness (QED) is 0.219. The Morgan fingerprint density at radius 2 is 2.06 bits per heavy atom. The molecule has 1 aliphatic heterocycles. The number of hydrogen-bond acceptors (Lipinski definition) is 8. The van der Waals surface area contributed by atoms with E-state index in [0.717, 1.165) is 43.7 Å². The number of pyridine rings is 1. The molecule has 1 saturated heterocycles. The predicted octanol–water partition coefficient (Wildman–Crippen LogP) is 3.08. The van der Waals surface area contributed by atoms with Gasteiger partial charge in [0.05, 0.1) is 42.7 Å². The first-order chi connectivity index (χ1) is 16.2. The minimum Gasteiger partial charge on any atom is -0.382 e. The van der Waals surface area contributed by atoms with Crippen LogP contribution in [0.1, 0.15) is 22.5 Å². The van der Waals surface area contributed by atoms with Gasteiger partial charge in [0.25, 0.3) is 5.91 Å². The second-order valence-corrected chi connectivity index (χ2v) is 8.39. The molecular weight excluding hydrogens is 533 g/mol. The summed E-state index contributed by atoms with van der Waals surface area (Å²) in [6.07, 6.45) is 6.92. The third-order valence-electron chi connectivity index (χ3n) is 5.37. The Morgan fingerprint density at radius 1 is 1.21 bits per heavy atom. The molecule has 9 nitrogen and oxygen atoms in total. The van der Waals surface area contributed by atoms with Crippen molar-refractivity contribution in [3.8, 4) is 11.3 Å². The summed E-state index contributed by atoms with van der Waals surface area (Å²) < 4.78 is 8.57. The first-order valence-electron chi connectivity index (χ1n) is 10.8. The van der Waals surface area contributed by atoms with Gasteiger partial charge in [-0.3, -0.25) is 13.3 Å². The number of anilines is 3. The van der Waals surface area contributed by atoms with Crippen LogP contribution in [-0.4, -0.2) is 53.7 Å². The summed E-state index contributed by atoms with van der Waals surface area (Å²) in [5.74, 6) is -0.342. The molecule has 172 valence electrons. The summed E-state index contributed by atoms with van der Waals surface area (Å²) in [4.78, 5) is 28.2. The fourth-order valence-electron chi connectivity index (χ4n) is 3.70. The third kappa shape index (κ3) is 5.95. The van der Waals surface area contributed by atoms with E-state index in [0.29, 0.717) is 24.6 Å². The maximum Gasteiger partial charge on any atom is 0.278 e. The molecule has 3 aromatic rings. The molecule has 2 aromatic heterocycles. The van der Waals surface area contributed by atoms with Crippen LogP contribution in [0.4, 0.5) is 17.2 Å². The Hall–Kier alpha value is -2.83. The molecule has 1 aromatic carbocycles. The van der Waals surface area contributed by atoms with Crippen molar-refractivity contribution in [2.75, 3.05) is 48.8 Å². The molecular formula is C23H26IN7O2. The number of halogens is 1. The highest BCUT2D eigenvalue weighted by Gasteiger charge is 2.19. The standard InChI is InChI=1S/C23H26IN7O2/c24-28-7-2-4-16-3-1-5-17(13-16)18-15-27-22(25)21(29-18)23(32)30-19-14-26-8-6-20(19)31-9-11-33-12-10-31/h1,3,5-6,8,13-15,28H,2,4,7,9-12H2,(H2,25,27)(H,30,32). The van der Waals surface area contributed by atoms with Crippen LogP contribution in [-0.2, 0) is 11.2 Å². The molecule has 0 unspecified atom stereocenters. The molecule has 33 heavy (non-hydrogen) atoms. The average Bonchev–Trinajstić information content (AvgIpc) is 2.85. The molecule has 0 bridgehead atoms. The molecule has 0 spiro atoms. The molecule has 1 amide bonds. The van der Waals surface area contributed by atoms with Crippen molar-refractivity contribution in [1.29, 1.82) is 0 Å². The van der Waals surface area contributed by atoms with E-state index in [1.165, 1.54) is 5.56 Å². The lowest BCUT2D eigenvalue weighted by Crippen LogP contribution is -2.36. The molecule has 3 heterocycles. The van der Waals surface area contributed by atoms with Gasteiger partial charge in [0.15, 0.2) is 11.5 Å². The Balaban J connectivity index is 1.55. The van der Waals surface area contributed by atoms with E-state index >= 15 is 0 Å². The monoisotopic (exact) mass is 559 g/mol. The Morgan fingerprint density at radius 3 is 2.88 bits per heavy atom. The molecule has 0 atom stereocenters. The first-order valence-corrected chi connectivity index (χ1v) is 11.9. The molecule has 0 aliphatic carbocycles. The normalized spacial score (nSPS) is 13.7. The van der Waals surface area contributed by atoms with Crippen molar-refractivity contribution in [3.05, 3.63) is 60.2 Å². The van der Waals surface area contributed by atoms with Gasteiger partial charge in [-0.25, -0.2) is 9.97 Å². The average molecular weight is 559 g/mol. The smallest absolute Gasteiger partial charge is 0.278 e. The summed E-state index contributed by atoms with van der Waals surface area (Å²) in [6, 6.07) is 9.99. The molecule has 10 heteroatoms. The SMILES string of the molecule is Nc1ncc(-c2cccc(CCCNI)c2)nc1C(=O)Nc1cnccc1N1CCOCC1. The minimum absolute atomic E-state index is 0.0809. The van der Waals surface area contributed by atoms with Gasteiger partial charge >= 0.3 is 0 Å². The number of morpholine rings is 1. The van der Waals surface area contributed by atoms with Crippen LogP contribution < -0.4 is 19.5 Å². The number of nitrogens with one attached hydrogen (secondary N) is 2. The third-order valence-corrected chi connectivity index (χ3v) is 5.91. The van der Waals surface area contributed by atoms with E-state index in [1.807, 2.05) is 18.2 Å². The highest BCUT2D eigenvalue weighted by atomic mass is 127. The Kier molecular flexibility index (Phi) is 8.02. The van der Waals surface area contributed by atoms with Crippen LogP contribution in [0.3, 0.4) is 0 Å². The van der Waals surface area contributed by atoms with Crippen molar-refractivity contribution in [2.24, 2.45) is 0 Å². The molecule has 0 radical (unpaired) electrons. The number of nitrogen functional groups attached to an aromatic ring is 1. The van der Waals surface area contributed by atoms with Crippen LogP contribution in [0, 0.1) is 0 Å². The van der Waals surface area contributed by atoms with Crippen molar-refractivity contribution in [2.45, 2.75) is 12.8 Å². The maximum absolute atomic E-state index is 13.1. The summed E-state index contributed by atoms with van der Waals surface area (Å²) in [7, 11) is 0. The van der Waals surface area contributed by atoms with Crippen LogP contribution in [0.25, 0.3) is 11.3 Å². The van der Waals surface area contributed by atoms with Crippen molar-refractivity contribution in [3.63, 3.8) is 0 Å². The van der Waals surface area contributed by atoms with Crippen molar-refractivity contribution in [1.82, 2.24) is 18.5 Å². The molecule has 0 saturated carbocycles. The number of aromatic nitrogens is 3. The summed E-state index contributed by atoms with van der Waals surface area (Å²) >= 11 is 2.15. The van der Waals surface area contributed by atoms with Gasteiger partial charge in [0.1, 0.15) is 0 Å². The largest absolute Gasteiger partial charge is 0.382 e. The molecule has 1 fully saturated rings. The van der Waals surface area contributed by atoms with Gasteiger partial charge in [0, 0.05) is 54.3 Å². The van der Waals surface area contributed by atoms with E-state index in [2.05, 4.69) is 63.7 Å². The van der Waals surface area contributed by atoms with Crippen LogP contribution in [0.15, 0.2) is 48.9 Å². The van der Waals surface area contributed by atoms with Crippen LogP contribution >= 0.6 is 22.9 Å². The summed E-state index contributed by atoms with van der Waals surface area (Å²) in [6.45, 7) is 3.72. The zero-order valence-corrected chi connectivity index (χ0v) is 20.3. The topological polar surface area (TPSA) is 118 Å². The van der Waals surface area contributed by atoms with Crippen molar-refractivity contribution >= 4 is 46.0 Å². The van der Waals surface area contributed by atoms with E-state index in [-0.39, 0.29) is 11.5 Å². The molecule has 4 rings (SSSR count). The first kappa shape index (κ1) is 23.3. The zero-order valence-electron chi connectivity index (χ0n) is 18.1. The number of benzene rings is 1. The van der Waals surface area contributed by atoms with Gasteiger partial charge in [-0.15, -0.1) is 0 Å². The molecule has 1 aliphatic rings. The zero-order chi connectivity index (χ0) is 23.0. The minimum atomic E-state index is -0.423. The number of ether oxygens (including phenoxy) is 1. The van der Waals surface area contributed by atoms with Gasteiger partial charge in [-0.05, 0) is 30.5 Å². The summed E-state index contributed by atoms with van der Waals surface area (Å²) in [5, 5.41) is 2.92. The lowest BCUT2D eigenvalue weighted by Gasteiger charge is -2.30. The van der Waals surface area contributed by atoms with Crippen molar-refractivity contribution < 1.29 is 9.53 Å². The number of hydrogen-bond donors (Lipinski definition) is 3. The highest BCUT2D eigenvalue weighted by molar-refractivity contribution is 14.1. The highest BCUT2D eigenvalue weighted by Crippen LogP contribution is 2.27. The number of carbonyl (C=O) groups is 1. The number of aryl methyl sites for hydroxylation is 1. The number of rotatable bonds is 8. The van der Waals surface area contributed by atoms with Crippen LogP contribution in [0.5, 0.6) is 0 Å². The predicted molar refractivity (Wildman–Crippen MR) is 137 cm³/mol. The van der Waals surface area contributed by atoms with E-state index in [9.17, 15) is 4.79 Å². The second-order valence-electron chi connectivity index (χ2n) is 7.62. The fraction of sp³-hybridized carbons (Fsp3) is 0.304. The van der Waals surface area contributed by atoms with E-state index in [4.69, 9.17) is 10.5 Å². The number of carbonyl (C=O) groups excluding carboxylic acids is 1. The van der Waals surface area contributed by atoms with Gasteiger partial charge < -0.3 is 20.7 Å². The van der Waals surface area contributed by atoms with Gasteiger partial charge in [-0.2, -0.15) is 0 Å². The molecule has 4 N–H and O–H groups in total.